The van der Waals surface area contributed by atoms with Crippen molar-refractivity contribution in [3.05, 3.63) is 59.1 Å². The lowest BCUT2D eigenvalue weighted by molar-refractivity contribution is -0.158. The van der Waals surface area contributed by atoms with E-state index in [0.717, 1.165) is 11.3 Å². The van der Waals surface area contributed by atoms with E-state index in [1.165, 1.54) is 0 Å². The molecular formula is C19H22ClNO3. The molecular weight excluding hydrogens is 326 g/mol. The Labute approximate surface area is 147 Å². The fourth-order valence-corrected chi connectivity index (χ4v) is 2.26. The van der Waals surface area contributed by atoms with Gasteiger partial charge in [0.1, 0.15) is 5.75 Å². The van der Waals surface area contributed by atoms with Gasteiger partial charge < -0.3 is 14.8 Å². The van der Waals surface area contributed by atoms with Crippen LogP contribution in [-0.2, 0) is 16.1 Å². The Bertz CT molecular complexity index is 683. The third-order valence-electron chi connectivity index (χ3n) is 3.43. The molecule has 0 saturated carbocycles. The molecule has 1 N–H and O–H groups in total. The van der Waals surface area contributed by atoms with Crippen LogP contribution in [0, 0.1) is 0 Å². The maximum Gasteiger partial charge on any atom is 0.349 e. The van der Waals surface area contributed by atoms with Crippen molar-refractivity contribution in [2.45, 2.75) is 32.9 Å². The minimum absolute atomic E-state index is 0.325. The first-order valence-electron chi connectivity index (χ1n) is 7.86. The molecule has 0 aliphatic rings. The largest absolute Gasteiger partial charge is 0.476 e. The Hall–Kier alpha value is -2.20. The smallest absolute Gasteiger partial charge is 0.349 e. The summed E-state index contributed by atoms with van der Waals surface area (Å²) in [7, 11) is 0. The minimum Gasteiger partial charge on any atom is -0.476 e. The Morgan fingerprint density at radius 1 is 1.12 bits per heavy atom. The van der Waals surface area contributed by atoms with E-state index in [1.807, 2.05) is 48.5 Å². The van der Waals surface area contributed by atoms with Crippen LogP contribution in [0.15, 0.2) is 48.5 Å². The summed E-state index contributed by atoms with van der Waals surface area (Å²) in [6.07, 6.45) is 0. The standard InChI is InChI=1S/C19H22ClNO3/c1-4-23-18(22)19(2,3)24-17-8-6-5-7-14(17)13-21-16-11-9-15(20)10-12-16/h5-12,21H,4,13H2,1-3H3. The molecule has 0 bridgehead atoms. The SMILES string of the molecule is CCOC(=O)C(C)(C)Oc1ccccc1CNc1ccc(Cl)cc1. The Balaban J connectivity index is 2.09. The fourth-order valence-electron chi connectivity index (χ4n) is 2.14. The number of halogens is 1. The van der Waals surface area contributed by atoms with Gasteiger partial charge in [0.15, 0.2) is 5.60 Å². The zero-order valence-electron chi connectivity index (χ0n) is 14.1. The van der Waals surface area contributed by atoms with Crippen molar-refractivity contribution in [3.63, 3.8) is 0 Å². The van der Waals surface area contributed by atoms with Gasteiger partial charge >= 0.3 is 5.97 Å². The number of benzene rings is 2. The fraction of sp³-hybridized carbons (Fsp3) is 0.316. The summed E-state index contributed by atoms with van der Waals surface area (Å²) < 4.78 is 11.0. The summed E-state index contributed by atoms with van der Waals surface area (Å²) in [5, 5.41) is 4.01. The number of carbonyl (C=O) groups is 1. The molecule has 0 aliphatic carbocycles. The lowest BCUT2D eigenvalue weighted by Crippen LogP contribution is -2.40. The monoisotopic (exact) mass is 347 g/mol. The summed E-state index contributed by atoms with van der Waals surface area (Å²) in [4.78, 5) is 12.0. The number of anilines is 1. The highest BCUT2D eigenvalue weighted by Crippen LogP contribution is 2.25. The molecule has 2 aromatic carbocycles. The molecule has 0 radical (unpaired) electrons. The molecule has 24 heavy (non-hydrogen) atoms. The molecule has 4 nitrogen and oxygen atoms in total. The first-order valence-corrected chi connectivity index (χ1v) is 8.24. The molecule has 0 unspecified atom stereocenters. The van der Waals surface area contributed by atoms with Gasteiger partial charge in [0.2, 0.25) is 0 Å². The molecule has 0 amide bonds. The van der Waals surface area contributed by atoms with Crippen LogP contribution >= 0.6 is 11.6 Å². The first-order chi connectivity index (χ1) is 11.4. The molecule has 0 aliphatic heterocycles. The molecule has 0 atom stereocenters. The molecule has 128 valence electrons. The van der Waals surface area contributed by atoms with E-state index in [9.17, 15) is 4.79 Å². The number of carbonyl (C=O) groups excluding carboxylic acids is 1. The van der Waals surface area contributed by atoms with Crippen molar-refractivity contribution >= 4 is 23.3 Å². The van der Waals surface area contributed by atoms with Crippen LogP contribution in [0.5, 0.6) is 5.75 Å². The van der Waals surface area contributed by atoms with Crippen molar-refractivity contribution < 1.29 is 14.3 Å². The highest BCUT2D eigenvalue weighted by atomic mass is 35.5. The number of esters is 1. The van der Waals surface area contributed by atoms with Crippen molar-refractivity contribution in [1.82, 2.24) is 0 Å². The van der Waals surface area contributed by atoms with E-state index in [0.29, 0.717) is 23.9 Å². The summed E-state index contributed by atoms with van der Waals surface area (Å²) >= 11 is 5.89. The minimum atomic E-state index is -1.05. The highest BCUT2D eigenvalue weighted by molar-refractivity contribution is 6.30. The Kier molecular flexibility index (Phi) is 6.10. The summed E-state index contributed by atoms with van der Waals surface area (Å²) in [5.74, 6) is 0.266. The summed E-state index contributed by atoms with van der Waals surface area (Å²) in [6, 6.07) is 15.1. The number of hydrogen-bond donors (Lipinski definition) is 1. The lowest BCUT2D eigenvalue weighted by Gasteiger charge is -2.25. The Morgan fingerprint density at radius 3 is 2.46 bits per heavy atom. The van der Waals surface area contributed by atoms with Gasteiger partial charge in [0.25, 0.3) is 0 Å². The molecule has 0 heterocycles. The molecule has 0 fully saturated rings. The number of rotatable bonds is 7. The number of nitrogens with one attached hydrogen (secondary N) is 1. The maximum atomic E-state index is 12.0. The second kappa shape index (κ2) is 8.06. The van der Waals surface area contributed by atoms with Gasteiger partial charge in [-0.3, -0.25) is 0 Å². The van der Waals surface area contributed by atoms with Gasteiger partial charge in [-0.25, -0.2) is 4.79 Å². The van der Waals surface area contributed by atoms with Crippen molar-refractivity contribution in [3.8, 4) is 5.75 Å². The van der Waals surface area contributed by atoms with Crippen LogP contribution in [0.1, 0.15) is 26.3 Å². The van der Waals surface area contributed by atoms with Crippen LogP contribution in [-0.4, -0.2) is 18.2 Å². The van der Waals surface area contributed by atoms with E-state index in [-0.39, 0.29) is 5.97 Å². The lowest BCUT2D eigenvalue weighted by atomic mass is 10.1. The van der Waals surface area contributed by atoms with Crippen LogP contribution in [0.2, 0.25) is 5.02 Å². The van der Waals surface area contributed by atoms with Crippen molar-refractivity contribution in [1.29, 1.82) is 0 Å². The van der Waals surface area contributed by atoms with Crippen LogP contribution in [0.25, 0.3) is 0 Å². The van der Waals surface area contributed by atoms with Gasteiger partial charge in [0.05, 0.1) is 6.61 Å². The normalized spacial score (nSPS) is 11.0. The molecule has 0 saturated heterocycles. The van der Waals surface area contributed by atoms with Gasteiger partial charge in [-0.2, -0.15) is 0 Å². The van der Waals surface area contributed by atoms with Crippen molar-refractivity contribution in [2.24, 2.45) is 0 Å². The van der Waals surface area contributed by atoms with Gasteiger partial charge in [0, 0.05) is 22.8 Å². The second-order valence-corrected chi connectivity index (χ2v) is 6.24. The average molecular weight is 348 g/mol. The van der Waals surface area contributed by atoms with E-state index in [1.54, 1.807) is 20.8 Å². The van der Waals surface area contributed by atoms with Gasteiger partial charge in [-0.1, -0.05) is 29.8 Å². The molecule has 0 aromatic heterocycles. The van der Waals surface area contributed by atoms with Crippen LogP contribution in [0.4, 0.5) is 5.69 Å². The van der Waals surface area contributed by atoms with E-state index >= 15 is 0 Å². The van der Waals surface area contributed by atoms with E-state index in [4.69, 9.17) is 21.1 Å². The zero-order valence-corrected chi connectivity index (χ0v) is 14.9. The third kappa shape index (κ3) is 4.90. The third-order valence-corrected chi connectivity index (χ3v) is 3.68. The summed E-state index contributed by atoms with van der Waals surface area (Å²) in [5.41, 5.74) is 0.857. The van der Waals surface area contributed by atoms with E-state index in [2.05, 4.69) is 5.32 Å². The molecule has 2 aromatic rings. The number of hydrogen-bond acceptors (Lipinski definition) is 4. The topological polar surface area (TPSA) is 47.6 Å². The molecule has 2 rings (SSSR count). The van der Waals surface area contributed by atoms with Gasteiger partial charge in [-0.05, 0) is 51.1 Å². The molecule has 5 heteroatoms. The zero-order chi connectivity index (χ0) is 17.6. The average Bonchev–Trinajstić information content (AvgIpc) is 2.55. The maximum absolute atomic E-state index is 12.0. The highest BCUT2D eigenvalue weighted by Gasteiger charge is 2.32. The number of para-hydroxylation sites is 1. The van der Waals surface area contributed by atoms with E-state index < -0.39 is 5.60 Å². The van der Waals surface area contributed by atoms with Crippen LogP contribution in [0.3, 0.4) is 0 Å². The number of ether oxygens (including phenoxy) is 2. The summed E-state index contributed by atoms with van der Waals surface area (Å²) in [6.45, 7) is 6.07. The predicted molar refractivity (Wildman–Crippen MR) is 96.6 cm³/mol. The Morgan fingerprint density at radius 2 is 1.79 bits per heavy atom. The quantitative estimate of drug-likeness (QED) is 0.739. The van der Waals surface area contributed by atoms with Crippen molar-refractivity contribution in [2.75, 3.05) is 11.9 Å². The van der Waals surface area contributed by atoms with Gasteiger partial charge in [-0.15, -0.1) is 0 Å². The first kappa shape index (κ1) is 18.1. The van der Waals surface area contributed by atoms with Crippen LogP contribution < -0.4 is 10.1 Å². The second-order valence-electron chi connectivity index (χ2n) is 5.80. The molecule has 0 spiro atoms. The predicted octanol–water partition coefficient (Wildman–Crippen LogP) is 4.67.